The van der Waals surface area contributed by atoms with E-state index in [2.05, 4.69) is 10.5 Å². The highest BCUT2D eigenvalue weighted by atomic mass is 16.2. The Morgan fingerprint density at radius 1 is 1.70 bits per heavy atom. The summed E-state index contributed by atoms with van der Waals surface area (Å²) in [5, 5.41) is 3.89. The van der Waals surface area contributed by atoms with Gasteiger partial charge in [-0.2, -0.15) is 9.77 Å². The van der Waals surface area contributed by atoms with Gasteiger partial charge in [-0.15, -0.1) is 0 Å². The molecular formula is C5H12N4O. The van der Waals surface area contributed by atoms with Gasteiger partial charge >= 0.3 is 5.69 Å². The quantitative estimate of drug-likeness (QED) is 0.567. The first-order chi connectivity index (χ1) is 4.66. The molecule has 0 saturated carbocycles. The van der Waals surface area contributed by atoms with Crippen LogP contribution in [0.3, 0.4) is 0 Å². The molecule has 10 heavy (non-hydrogen) atoms. The van der Waals surface area contributed by atoms with Crippen molar-refractivity contribution >= 4 is 0 Å². The minimum atomic E-state index is -0.153. The second-order valence-corrected chi connectivity index (χ2v) is 2.01. The van der Waals surface area contributed by atoms with Crippen LogP contribution < -0.4 is 11.1 Å². The molecule has 0 aromatic carbocycles. The van der Waals surface area contributed by atoms with Crippen molar-refractivity contribution < 1.29 is 1.43 Å². The monoisotopic (exact) mass is 144 g/mol. The van der Waals surface area contributed by atoms with E-state index in [1.807, 2.05) is 0 Å². The number of aryl methyl sites for hydroxylation is 2. The van der Waals surface area contributed by atoms with E-state index in [4.69, 9.17) is 0 Å². The van der Waals surface area contributed by atoms with Gasteiger partial charge < -0.3 is 5.43 Å². The average Bonchev–Trinajstić information content (AvgIpc) is 2.09. The minimum Gasteiger partial charge on any atom is -0.323 e. The Morgan fingerprint density at radius 2 is 2.30 bits per heavy atom. The van der Waals surface area contributed by atoms with E-state index in [9.17, 15) is 4.79 Å². The van der Waals surface area contributed by atoms with E-state index in [-0.39, 0.29) is 7.12 Å². The molecule has 0 aliphatic heterocycles. The molecule has 1 aromatic heterocycles. The molecule has 1 N–H and O–H groups in total. The van der Waals surface area contributed by atoms with Crippen molar-refractivity contribution in [2.45, 2.75) is 6.92 Å². The average molecular weight is 144 g/mol. The summed E-state index contributed by atoms with van der Waals surface area (Å²) in [6.07, 6.45) is 0. The van der Waals surface area contributed by atoms with Gasteiger partial charge in [0.2, 0.25) is 0 Å². The van der Waals surface area contributed by atoms with Crippen LogP contribution >= 0.6 is 0 Å². The summed E-state index contributed by atoms with van der Waals surface area (Å²) < 4.78 is 2.66. The first-order valence-electron chi connectivity index (χ1n) is 2.97. The summed E-state index contributed by atoms with van der Waals surface area (Å²) in [7, 11) is 3.29. The van der Waals surface area contributed by atoms with E-state index in [1.54, 1.807) is 21.0 Å². The van der Waals surface area contributed by atoms with Crippen molar-refractivity contribution in [3.63, 3.8) is 0 Å². The lowest BCUT2D eigenvalue weighted by atomic mass is 10.7. The lowest BCUT2D eigenvalue weighted by Gasteiger charge is -1.96. The Labute approximate surface area is 59.7 Å². The minimum absolute atomic E-state index is 0. The van der Waals surface area contributed by atoms with Crippen molar-refractivity contribution in [1.29, 1.82) is 0 Å². The summed E-state index contributed by atoms with van der Waals surface area (Å²) in [5.74, 6) is 0.662. The Bertz CT molecular complexity index is 289. The van der Waals surface area contributed by atoms with Gasteiger partial charge in [0.15, 0.2) is 0 Å². The largest absolute Gasteiger partial charge is 0.364 e. The van der Waals surface area contributed by atoms with Crippen LogP contribution in [0.15, 0.2) is 4.79 Å². The van der Waals surface area contributed by atoms with Gasteiger partial charge in [-0.05, 0) is 6.92 Å². The van der Waals surface area contributed by atoms with Crippen LogP contribution in [0.2, 0.25) is 0 Å². The van der Waals surface area contributed by atoms with Gasteiger partial charge in [0.05, 0.1) is 0 Å². The summed E-state index contributed by atoms with van der Waals surface area (Å²) in [6.45, 7) is 1.76. The van der Waals surface area contributed by atoms with Gasteiger partial charge in [0, 0.05) is 15.5 Å². The molecule has 0 aliphatic rings. The molecule has 0 unspecified atom stereocenters. The summed E-state index contributed by atoms with van der Waals surface area (Å²) in [4.78, 5) is 11.0. The SMILES string of the molecule is CNn1c(C)nn(C)c1=O.[HH]. The highest BCUT2D eigenvalue weighted by molar-refractivity contribution is 4.85. The van der Waals surface area contributed by atoms with Crippen LogP contribution in [0.5, 0.6) is 0 Å². The van der Waals surface area contributed by atoms with Crippen LogP contribution in [0, 0.1) is 6.92 Å². The number of rotatable bonds is 1. The molecule has 0 amide bonds. The first kappa shape index (κ1) is 6.85. The Balaban J connectivity index is 0.000001000. The molecule has 0 atom stereocenters. The number of nitrogens with one attached hydrogen (secondary N) is 1. The van der Waals surface area contributed by atoms with Crippen molar-refractivity contribution in [3.05, 3.63) is 16.3 Å². The zero-order chi connectivity index (χ0) is 7.72. The molecule has 0 bridgehead atoms. The van der Waals surface area contributed by atoms with E-state index in [0.717, 1.165) is 0 Å². The van der Waals surface area contributed by atoms with Gasteiger partial charge in [0.1, 0.15) is 5.82 Å². The van der Waals surface area contributed by atoms with Crippen LogP contribution in [0.1, 0.15) is 7.25 Å². The van der Waals surface area contributed by atoms with Gasteiger partial charge in [-0.1, -0.05) is 0 Å². The smallest absolute Gasteiger partial charge is 0.323 e. The number of nitrogens with zero attached hydrogens (tertiary/aromatic N) is 3. The maximum absolute atomic E-state index is 11.0. The number of aromatic nitrogens is 3. The standard InChI is InChI=1S/C5H10N4O.H2/c1-4-7-8(3)5(10)9(4)6-2;/h6H,1-3H3;1H. The Hall–Kier alpha value is -1.26. The fourth-order valence-corrected chi connectivity index (χ4v) is 0.845. The van der Waals surface area contributed by atoms with Crippen LogP contribution in [0.25, 0.3) is 0 Å². The number of hydrogen-bond donors (Lipinski definition) is 1. The lowest BCUT2D eigenvalue weighted by Crippen LogP contribution is -2.28. The Morgan fingerprint density at radius 3 is 2.50 bits per heavy atom. The van der Waals surface area contributed by atoms with Crippen molar-refractivity contribution in [2.24, 2.45) is 7.05 Å². The third kappa shape index (κ3) is 0.792. The lowest BCUT2D eigenvalue weighted by molar-refractivity contribution is 0.716. The molecule has 1 aromatic rings. The molecule has 0 fully saturated rings. The second-order valence-electron chi connectivity index (χ2n) is 2.01. The van der Waals surface area contributed by atoms with Crippen molar-refractivity contribution in [1.82, 2.24) is 14.5 Å². The molecule has 0 aliphatic carbocycles. The second kappa shape index (κ2) is 2.17. The molecule has 1 heterocycles. The molecule has 1 rings (SSSR count). The fraction of sp³-hybridized carbons (Fsp3) is 0.600. The predicted octanol–water partition coefficient (Wildman–Crippen LogP) is -0.690. The summed E-state index contributed by atoms with van der Waals surface area (Å²) >= 11 is 0. The maximum Gasteiger partial charge on any atom is 0.364 e. The first-order valence-corrected chi connectivity index (χ1v) is 2.97. The third-order valence-corrected chi connectivity index (χ3v) is 1.31. The summed E-state index contributed by atoms with van der Waals surface area (Å²) in [5.41, 5.74) is 2.55. The molecule has 0 spiro atoms. The van der Waals surface area contributed by atoms with Crippen molar-refractivity contribution in [3.8, 4) is 0 Å². The van der Waals surface area contributed by atoms with Gasteiger partial charge in [-0.3, -0.25) is 0 Å². The topological polar surface area (TPSA) is 51.9 Å². The van der Waals surface area contributed by atoms with Gasteiger partial charge in [0.25, 0.3) is 0 Å². The maximum atomic E-state index is 11.0. The van der Waals surface area contributed by atoms with Crippen LogP contribution in [-0.4, -0.2) is 21.5 Å². The highest BCUT2D eigenvalue weighted by Gasteiger charge is 2.02. The van der Waals surface area contributed by atoms with E-state index >= 15 is 0 Å². The van der Waals surface area contributed by atoms with Crippen LogP contribution in [-0.2, 0) is 7.05 Å². The molecular weight excluding hydrogens is 132 g/mol. The van der Waals surface area contributed by atoms with Crippen molar-refractivity contribution in [2.75, 3.05) is 12.5 Å². The highest BCUT2D eigenvalue weighted by Crippen LogP contribution is 1.81. The van der Waals surface area contributed by atoms with E-state index in [0.29, 0.717) is 5.82 Å². The molecule has 0 saturated heterocycles. The molecule has 5 heteroatoms. The summed E-state index contributed by atoms with van der Waals surface area (Å²) in [6, 6.07) is 0. The van der Waals surface area contributed by atoms with Gasteiger partial charge in [-0.25, -0.2) is 9.48 Å². The van der Waals surface area contributed by atoms with Crippen LogP contribution in [0.4, 0.5) is 0 Å². The van der Waals surface area contributed by atoms with E-state index < -0.39 is 0 Å². The normalized spacial score (nSPS) is 9.90. The molecule has 58 valence electrons. The van der Waals surface area contributed by atoms with E-state index in [1.165, 1.54) is 9.36 Å². The number of hydrogen-bond acceptors (Lipinski definition) is 3. The zero-order valence-electron chi connectivity index (χ0n) is 6.25. The Kier molecular flexibility index (Phi) is 1.48. The molecule has 5 nitrogen and oxygen atoms in total. The predicted molar refractivity (Wildman–Crippen MR) is 39.6 cm³/mol. The molecule has 0 radical (unpaired) electrons. The zero-order valence-corrected chi connectivity index (χ0v) is 6.25. The fourth-order valence-electron chi connectivity index (χ4n) is 0.845. The third-order valence-electron chi connectivity index (χ3n) is 1.31.